The molecule has 0 aliphatic heterocycles. The van der Waals surface area contributed by atoms with Gasteiger partial charge in [-0.15, -0.1) is 6.58 Å². The smallest absolute Gasteiger partial charge is 0.0168 e. The highest BCUT2D eigenvalue weighted by molar-refractivity contribution is 5.26. The quantitative estimate of drug-likeness (QED) is 0.533. The van der Waals surface area contributed by atoms with Gasteiger partial charge in [0, 0.05) is 0 Å². The molecule has 0 spiro atoms. The van der Waals surface area contributed by atoms with Crippen LogP contribution in [0.25, 0.3) is 0 Å². The van der Waals surface area contributed by atoms with Gasteiger partial charge in [-0.3, -0.25) is 0 Å². The van der Waals surface area contributed by atoms with E-state index < -0.39 is 0 Å². The molecule has 0 heterocycles. The largest absolute Gasteiger partial charge is 0.103 e. The molecule has 7 atom stereocenters. The number of allylic oxidation sites excluding steroid dienone is 3. The van der Waals surface area contributed by atoms with Crippen LogP contribution < -0.4 is 0 Å². The molecule has 0 heteroatoms. The van der Waals surface area contributed by atoms with Crippen LogP contribution in [-0.4, -0.2) is 0 Å². The maximum atomic E-state index is 3.98. The molecule has 3 fully saturated rings. The zero-order valence-electron chi connectivity index (χ0n) is 7.89. The Bertz CT molecular complexity index is 301. The second kappa shape index (κ2) is 1.94. The van der Waals surface area contributed by atoms with Crippen LogP contribution in [0.1, 0.15) is 12.8 Å². The van der Waals surface area contributed by atoms with Crippen molar-refractivity contribution < 1.29 is 0 Å². The van der Waals surface area contributed by atoms with Gasteiger partial charge in [0.25, 0.3) is 0 Å². The Morgan fingerprint density at radius 2 is 2.00 bits per heavy atom. The van der Waals surface area contributed by atoms with Crippen molar-refractivity contribution in [1.29, 1.82) is 0 Å². The molecule has 0 amide bonds. The molecular formula is C13H16. The average Bonchev–Trinajstić information content (AvgIpc) is 2.57. The summed E-state index contributed by atoms with van der Waals surface area (Å²) in [4.78, 5) is 0. The van der Waals surface area contributed by atoms with Gasteiger partial charge in [0.2, 0.25) is 0 Å². The Labute approximate surface area is 79.7 Å². The summed E-state index contributed by atoms with van der Waals surface area (Å²) in [6.45, 7) is 3.98. The molecule has 13 heavy (non-hydrogen) atoms. The van der Waals surface area contributed by atoms with Crippen LogP contribution in [0.15, 0.2) is 24.8 Å². The summed E-state index contributed by atoms with van der Waals surface area (Å²) in [6, 6.07) is 0. The Hall–Kier alpha value is -0.520. The van der Waals surface area contributed by atoms with Crippen LogP contribution in [0.4, 0.5) is 0 Å². The van der Waals surface area contributed by atoms with Gasteiger partial charge in [-0.1, -0.05) is 18.2 Å². The van der Waals surface area contributed by atoms with E-state index in [4.69, 9.17) is 0 Å². The molecule has 0 unspecified atom stereocenters. The van der Waals surface area contributed by atoms with Gasteiger partial charge < -0.3 is 0 Å². The van der Waals surface area contributed by atoms with Crippen LogP contribution in [0.2, 0.25) is 0 Å². The van der Waals surface area contributed by atoms with Crippen LogP contribution in [-0.2, 0) is 0 Å². The highest BCUT2D eigenvalue weighted by Crippen LogP contribution is 2.74. The second-order valence-electron chi connectivity index (χ2n) is 5.44. The molecule has 0 aromatic heterocycles. The summed E-state index contributed by atoms with van der Waals surface area (Å²) < 4.78 is 0. The van der Waals surface area contributed by atoms with E-state index in [2.05, 4.69) is 24.8 Å². The zero-order chi connectivity index (χ0) is 8.58. The molecular weight excluding hydrogens is 156 g/mol. The Kier molecular flexibility index (Phi) is 1.03. The molecule has 0 saturated heterocycles. The van der Waals surface area contributed by atoms with Crippen molar-refractivity contribution in [1.82, 2.24) is 0 Å². The molecule has 0 N–H and O–H groups in total. The first kappa shape index (κ1) is 6.86. The molecule has 3 saturated carbocycles. The molecule has 4 aliphatic rings. The third-order valence-corrected chi connectivity index (χ3v) is 5.30. The van der Waals surface area contributed by atoms with Gasteiger partial charge >= 0.3 is 0 Å². The first-order valence-corrected chi connectivity index (χ1v) is 5.71. The van der Waals surface area contributed by atoms with Gasteiger partial charge in [-0.05, 0) is 54.3 Å². The lowest BCUT2D eigenvalue weighted by molar-refractivity contribution is 0.272. The minimum absolute atomic E-state index is 0.919. The van der Waals surface area contributed by atoms with Crippen LogP contribution in [0.5, 0.6) is 0 Å². The highest BCUT2D eigenvalue weighted by Gasteiger charge is 2.69. The molecule has 0 nitrogen and oxygen atoms in total. The summed E-state index contributed by atoms with van der Waals surface area (Å²) in [5, 5.41) is 0. The standard InChI is InChI=1S/C13H16/c1-2-7-12-10-6-11(13(7)12)9-5-3-4-8(9)10/h2-4,7-13H,1,5-6H2/t7-,8-,9+,10+,11-,12+,13-/m0/s1. The molecule has 4 aliphatic carbocycles. The number of fused-ring (bicyclic) bond motifs is 8. The van der Waals surface area contributed by atoms with Crippen LogP contribution in [0.3, 0.4) is 0 Å². The summed E-state index contributed by atoms with van der Waals surface area (Å²) in [6.07, 6.45) is 10.1. The monoisotopic (exact) mass is 172 g/mol. The second-order valence-corrected chi connectivity index (χ2v) is 5.44. The summed E-state index contributed by atoms with van der Waals surface area (Å²) in [5.74, 6) is 7.23. The van der Waals surface area contributed by atoms with E-state index in [0.29, 0.717) is 0 Å². The van der Waals surface area contributed by atoms with Crippen molar-refractivity contribution >= 4 is 0 Å². The first-order valence-electron chi connectivity index (χ1n) is 5.71. The van der Waals surface area contributed by atoms with Crippen molar-refractivity contribution in [3.05, 3.63) is 24.8 Å². The molecule has 68 valence electrons. The van der Waals surface area contributed by atoms with Crippen molar-refractivity contribution in [3.8, 4) is 0 Å². The summed E-state index contributed by atoms with van der Waals surface area (Å²) in [5.41, 5.74) is 0. The van der Waals surface area contributed by atoms with Gasteiger partial charge in [-0.25, -0.2) is 0 Å². The van der Waals surface area contributed by atoms with E-state index in [-0.39, 0.29) is 0 Å². The van der Waals surface area contributed by atoms with Gasteiger partial charge in [0.15, 0.2) is 0 Å². The van der Waals surface area contributed by atoms with Crippen LogP contribution >= 0.6 is 0 Å². The van der Waals surface area contributed by atoms with Gasteiger partial charge in [0.1, 0.15) is 0 Å². The lowest BCUT2D eigenvalue weighted by Crippen LogP contribution is -2.18. The van der Waals surface area contributed by atoms with E-state index in [1.807, 2.05) is 0 Å². The fourth-order valence-electron chi connectivity index (χ4n) is 4.96. The van der Waals surface area contributed by atoms with Gasteiger partial charge in [0.05, 0.1) is 0 Å². The summed E-state index contributed by atoms with van der Waals surface area (Å²) in [7, 11) is 0. The Balaban J connectivity index is 1.73. The number of rotatable bonds is 1. The third kappa shape index (κ3) is 0.600. The minimum atomic E-state index is 0.919. The molecule has 0 aromatic carbocycles. The van der Waals surface area contributed by atoms with E-state index in [0.717, 1.165) is 41.4 Å². The summed E-state index contributed by atoms with van der Waals surface area (Å²) >= 11 is 0. The molecule has 0 aromatic rings. The minimum Gasteiger partial charge on any atom is -0.103 e. The number of hydrogen-bond acceptors (Lipinski definition) is 0. The van der Waals surface area contributed by atoms with Crippen LogP contribution in [0, 0.1) is 41.4 Å². The predicted octanol–water partition coefficient (Wildman–Crippen LogP) is 2.88. The Morgan fingerprint density at radius 1 is 1.15 bits per heavy atom. The number of hydrogen-bond donors (Lipinski definition) is 0. The first-order chi connectivity index (χ1) is 6.42. The fourth-order valence-corrected chi connectivity index (χ4v) is 4.96. The van der Waals surface area contributed by atoms with E-state index in [9.17, 15) is 0 Å². The van der Waals surface area contributed by atoms with E-state index >= 15 is 0 Å². The van der Waals surface area contributed by atoms with Gasteiger partial charge in [-0.2, -0.15) is 0 Å². The van der Waals surface area contributed by atoms with Crippen molar-refractivity contribution in [3.63, 3.8) is 0 Å². The lowest BCUT2D eigenvalue weighted by atomic mass is 9.82. The SMILES string of the molecule is C=C[C@H]1[C@@H]2[C@@H]3C[C@@H]([C@@H]4CC=C[C@@H]43)[C@H]12. The lowest BCUT2D eigenvalue weighted by Gasteiger charge is -2.22. The maximum Gasteiger partial charge on any atom is -0.0168 e. The zero-order valence-corrected chi connectivity index (χ0v) is 7.89. The topological polar surface area (TPSA) is 0 Å². The molecule has 0 radical (unpaired) electrons. The van der Waals surface area contributed by atoms with Crippen molar-refractivity contribution in [2.24, 2.45) is 41.4 Å². The Morgan fingerprint density at radius 3 is 2.85 bits per heavy atom. The van der Waals surface area contributed by atoms with E-state index in [1.165, 1.54) is 6.42 Å². The maximum absolute atomic E-state index is 3.98. The van der Waals surface area contributed by atoms with Crippen molar-refractivity contribution in [2.75, 3.05) is 0 Å². The predicted molar refractivity (Wildman–Crippen MR) is 53.0 cm³/mol. The molecule has 2 bridgehead atoms. The normalized spacial score (nSPS) is 65.1. The fraction of sp³-hybridized carbons (Fsp3) is 0.692. The van der Waals surface area contributed by atoms with Crippen molar-refractivity contribution in [2.45, 2.75) is 12.8 Å². The van der Waals surface area contributed by atoms with E-state index in [1.54, 1.807) is 6.42 Å². The highest BCUT2D eigenvalue weighted by atomic mass is 14.7. The average molecular weight is 172 g/mol. The molecule has 4 rings (SSSR count). The third-order valence-electron chi connectivity index (χ3n) is 5.30.